The van der Waals surface area contributed by atoms with Crippen molar-refractivity contribution in [2.75, 3.05) is 65.6 Å². The zero-order valence-electron chi connectivity index (χ0n) is 19.5. The molecule has 0 radical (unpaired) electrons. The van der Waals surface area contributed by atoms with Gasteiger partial charge in [0.05, 0.1) is 18.1 Å². The van der Waals surface area contributed by atoms with Crippen molar-refractivity contribution in [3.63, 3.8) is 0 Å². The summed E-state index contributed by atoms with van der Waals surface area (Å²) in [4.78, 5) is 17.2. The number of hydrogen-bond donors (Lipinski definition) is 0. The second-order valence-electron chi connectivity index (χ2n) is 8.54. The van der Waals surface area contributed by atoms with E-state index in [2.05, 4.69) is 4.90 Å². The first kappa shape index (κ1) is 24.7. The van der Waals surface area contributed by atoms with Gasteiger partial charge < -0.3 is 14.4 Å². The minimum absolute atomic E-state index is 0.144. The summed E-state index contributed by atoms with van der Waals surface area (Å²) in [6, 6.07) is 16.7. The van der Waals surface area contributed by atoms with Crippen molar-refractivity contribution in [1.29, 1.82) is 0 Å². The van der Waals surface area contributed by atoms with Crippen LogP contribution in [-0.2, 0) is 26.0 Å². The predicted octanol–water partition coefficient (Wildman–Crippen LogP) is 1.86. The Labute approximate surface area is 202 Å². The van der Waals surface area contributed by atoms with Gasteiger partial charge in [-0.05, 0) is 36.2 Å². The third-order valence-electron chi connectivity index (χ3n) is 6.30. The monoisotopic (exact) mass is 487 g/mol. The van der Waals surface area contributed by atoms with Crippen molar-refractivity contribution < 1.29 is 22.7 Å². The molecule has 0 aliphatic carbocycles. The first-order chi connectivity index (χ1) is 16.5. The third kappa shape index (κ3) is 6.56. The fraction of sp³-hybridized carbons (Fsp3) is 0.480. The highest BCUT2D eigenvalue weighted by Gasteiger charge is 2.26. The molecule has 2 aliphatic heterocycles. The Hall–Kier alpha value is -2.46. The number of para-hydroxylation sites is 1. The Bertz CT molecular complexity index is 1020. The number of benzene rings is 2. The molecule has 2 aliphatic rings. The number of aryl methyl sites for hydroxylation is 1. The Morgan fingerprint density at radius 3 is 2.24 bits per heavy atom. The van der Waals surface area contributed by atoms with Gasteiger partial charge in [-0.2, -0.15) is 4.31 Å². The van der Waals surface area contributed by atoms with Gasteiger partial charge in [0, 0.05) is 52.2 Å². The molecule has 2 heterocycles. The van der Waals surface area contributed by atoms with Crippen LogP contribution in [0.25, 0.3) is 0 Å². The van der Waals surface area contributed by atoms with Gasteiger partial charge in [-0.3, -0.25) is 9.69 Å². The lowest BCUT2D eigenvalue weighted by molar-refractivity contribution is -0.132. The van der Waals surface area contributed by atoms with E-state index in [9.17, 15) is 13.2 Å². The SMILES string of the molecule is O=C(CCc1ccc(S(=O)(=O)N2CCOCC2)cc1)N1CCN(CCOc2ccccc2)CC1. The molecule has 2 saturated heterocycles. The third-order valence-corrected chi connectivity index (χ3v) is 8.22. The number of carbonyl (C=O) groups is 1. The fourth-order valence-electron chi connectivity index (χ4n) is 4.20. The summed E-state index contributed by atoms with van der Waals surface area (Å²) in [7, 11) is -3.49. The van der Waals surface area contributed by atoms with E-state index in [0.29, 0.717) is 45.8 Å². The van der Waals surface area contributed by atoms with Crippen molar-refractivity contribution in [3.8, 4) is 5.75 Å². The largest absolute Gasteiger partial charge is 0.492 e. The smallest absolute Gasteiger partial charge is 0.243 e. The quantitative estimate of drug-likeness (QED) is 0.537. The highest BCUT2D eigenvalue weighted by molar-refractivity contribution is 7.89. The molecule has 1 amide bonds. The summed E-state index contributed by atoms with van der Waals surface area (Å²) in [6.07, 6.45) is 1.02. The number of nitrogens with zero attached hydrogens (tertiary/aromatic N) is 3. The predicted molar refractivity (Wildman–Crippen MR) is 129 cm³/mol. The minimum atomic E-state index is -3.49. The van der Waals surface area contributed by atoms with Crippen molar-refractivity contribution >= 4 is 15.9 Å². The van der Waals surface area contributed by atoms with Gasteiger partial charge in [0.2, 0.25) is 15.9 Å². The number of morpholine rings is 1. The van der Waals surface area contributed by atoms with E-state index in [1.807, 2.05) is 47.4 Å². The maximum absolute atomic E-state index is 12.7. The number of piperazine rings is 1. The summed E-state index contributed by atoms with van der Waals surface area (Å²) in [5.41, 5.74) is 0.964. The van der Waals surface area contributed by atoms with E-state index in [0.717, 1.165) is 44.0 Å². The highest BCUT2D eigenvalue weighted by atomic mass is 32.2. The average molecular weight is 488 g/mol. The molecule has 4 rings (SSSR count). The number of ether oxygens (including phenoxy) is 2. The van der Waals surface area contributed by atoms with Gasteiger partial charge in [0.1, 0.15) is 12.4 Å². The molecular formula is C25H33N3O5S. The second-order valence-corrected chi connectivity index (χ2v) is 10.5. The van der Waals surface area contributed by atoms with Gasteiger partial charge in [-0.25, -0.2) is 8.42 Å². The first-order valence-corrected chi connectivity index (χ1v) is 13.3. The van der Waals surface area contributed by atoms with E-state index in [1.165, 1.54) is 4.31 Å². The molecule has 0 aromatic heterocycles. The molecular weight excluding hydrogens is 454 g/mol. The van der Waals surface area contributed by atoms with Crippen molar-refractivity contribution in [3.05, 3.63) is 60.2 Å². The van der Waals surface area contributed by atoms with Crippen LogP contribution >= 0.6 is 0 Å². The van der Waals surface area contributed by atoms with Gasteiger partial charge >= 0.3 is 0 Å². The normalized spacial score (nSPS) is 18.1. The van der Waals surface area contributed by atoms with Crippen molar-refractivity contribution in [2.45, 2.75) is 17.7 Å². The van der Waals surface area contributed by atoms with Gasteiger partial charge in [0.25, 0.3) is 0 Å². The van der Waals surface area contributed by atoms with E-state index in [1.54, 1.807) is 12.1 Å². The molecule has 2 aromatic carbocycles. The lowest BCUT2D eigenvalue weighted by atomic mass is 10.1. The second kappa shape index (κ2) is 11.8. The minimum Gasteiger partial charge on any atom is -0.492 e. The van der Waals surface area contributed by atoms with E-state index < -0.39 is 10.0 Å². The van der Waals surface area contributed by atoms with Crippen molar-refractivity contribution in [2.24, 2.45) is 0 Å². The molecule has 2 fully saturated rings. The van der Waals surface area contributed by atoms with Crippen LogP contribution in [0.5, 0.6) is 5.75 Å². The van der Waals surface area contributed by atoms with Crippen molar-refractivity contribution in [1.82, 2.24) is 14.1 Å². The molecule has 0 atom stereocenters. The number of rotatable bonds is 9. The molecule has 0 spiro atoms. The summed E-state index contributed by atoms with van der Waals surface area (Å²) in [5.74, 6) is 1.02. The van der Waals surface area contributed by atoms with E-state index in [4.69, 9.17) is 9.47 Å². The number of carbonyl (C=O) groups excluding carboxylic acids is 1. The Morgan fingerprint density at radius 2 is 1.56 bits per heavy atom. The van der Waals surface area contributed by atoms with Crippen LogP contribution in [0, 0.1) is 0 Å². The molecule has 2 aromatic rings. The molecule has 8 nitrogen and oxygen atoms in total. The molecule has 34 heavy (non-hydrogen) atoms. The maximum Gasteiger partial charge on any atom is 0.243 e. The summed E-state index contributed by atoms with van der Waals surface area (Å²) in [5, 5.41) is 0. The molecule has 0 unspecified atom stereocenters. The average Bonchev–Trinajstić information content (AvgIpc) is 2.89. The topological polar surface area (TPSA) is 79.4 Å². The Morgan fingerprint density at radius 1 is 0.882 bits per heavy atom. The Kier molecular flexibility index (Phi) is 8.55. The van der Waals surface area contributed by atoms with Crippen LogP contribution in [0.4, 0.5) is 0 Å². The Balaban J connectivity index is 1.18. The van der Waals surface area contributed by atoms with E-state index >= 15 is 0 Å². The van der Waals surface area contributed by atoms with E-state index in [-0.39, 0.29) is 10.8 Å². The van der Waals surface area contributed by atoms with Crippen LogP contribution in [0.3, 0.4) is 0 Å². The molecule has 0 saturated carbocycles. The summed E-state index contributed by atoms with van der Waals surface area (Å²) < 4.78 is 37.9. The summed E-state index contributed by atoms with van der Waals surface area (Å²) in [6.45, 7) is 6.23. The maximum atomic E-state index is 12.7. The first-order valence-electron chi connectivity index (χ1n) is 11.9. The zero-order valence-corrected chi connectivity index (χ0v) is 20.3. The lowest BCUT2D eigenvalue weighted by Gasteiger charge is -2.34. The number of hydrogen-bond acceptors (Lipinski definition) is 6. The molecule has 0 bridgehead atoms. The number of amides is 1. The molecule has 184 valence electrons. The standard InChI is InChI=1S/C25H33N3O5S/c29-25(27-14-12-26(13-15-27)16-21-33-23-4-2-1-3-5-23)11-8-22-6-9-24(10-7-22)34(30,31)28-17-19-32-20-18-28/h1-7,9-10H,8,11-21H2. The summed E-state index contributed by atoms with van der Waals surface area (Å²) >= 11 is 0. The highest BCUT2D eigenvalue weighted by Crippen LogP contribution is 2.18. The lowest BCUT2D eigenvalue weighted by Crippen LogP contribution is -2.49. The van der Waals surface area contributed by atoms with Gasteiger partial charge in [-0.15, -0.1) is 0 Å². The number of sulfonamides is 1. The van der Waals surface area contributed by atoms with Gasteiger partial charge in [0.15, 0.2) is 0 Å². The molecule has 0 N–H and O–H groups in total. The van der Waals surface area contributed by atoms with Crippen LogP contribution in [0.2, 0.25) is 0 Å². The van der Waals surface area contributed by atoms with Crippen LogP contribution in [0.1, 0.15) is 12.0 Å². The zero-order chi connectivity index (χ0) is 23.8. The van der Waals surface area contributed by atoms with Crippen LogP contribution in [-0.4, -0.2) is 94.1 Å². The fourth-order valence-corrected chi connectivity index (χ4v) is 5.61. The van der Waals surface area contributed by atoms with Crippen LogP contribution in [0.15, 0.2) is 59.5 Å². The van der Waals surface area contributed by atoms with Crippen LogP contribution < -0.4 is 4.74 Å². The molecule has 9 heteroatoms. The van der Waals surface area contributed by atoms with Gasteiger partial charge in [-0.1, -0.05) is 30.3 Å².